The Morgan fingerprint density at radius 2 is 2.20 bits per heavy atom. The Morgan fingerprint density at radius 3 is 2.20 bits per heavy atom. The summed E-state index contributed by atoms with van der Waals surface area (Å²) < 4.78 is 0. The van der Waals surface area contributed by atoms with Crippen molar-refractivity contribution in [2.24, 2.45) is 5.73 Å². The van der Waals surface area contributed by atoms with Crippen molar-refractivity contribution in [3.8, 4) is 0 Å². The summed E-state index contributed by atoms with van der Waals surface area (Å²) in [6, 6.07) is 0. The minimum atomic E-state index is -0.358. The molecule has 5 heavy (non-hydrogen) atoms. The number of carbonyl (C=O) groups is 1. The summed E-state index contributed by atoms with van der Waals surface area (Å²) >= 11 is 1.43. The predicted molar refractivity (Wildman–Crippen MR) is 28.4 cm³/mol. The van der Waals surface area contributed by atoms with Crippen LogP contribution < -0.4 is 5.73 Å². The van der Waals surface area contributed by atoms with Gasteiger partial charge in [-0.3, -0.25) is 17.0 Å². The van der Waals surface area contributed by atoms with Gasteiger partial charge in [-0.1, -0.05) is 0 Å². The van der Waals surface area contributed by atoms with Crippen molar-refractivity contribution in [2.75, 3.05) is 0 Å². The van der Waals surface area contributed by atoms with E-state index in [0.29, 0.717) is 0 Å². The van der Waals surface area contributed by atoms with Crippen LogP contribution in [-0.2, 0) is 4.79 Å². The first-order valence-electron chi connectivity index (χ1n) is 1.19. The Kier molecular flexibility index (Phi) is 1.84. The Bertz CT molecular complexity index is 60.7. The fourth-order valence-corrected chi connectivity index (χ4v) is 0. The van der Waals surface area contributed by atoms with Gasteiger partial charge in [0.25, 0.3) is 0 Å². The molecule has 0 aromatic rings. The van der Waals surface area contributed by atoms with Gasteiger partial charge in [-0.05, 0) is 0 Å². The quantitative estimate of drug-likeness (QED) is 0.390. The van der Waals surface area contributed by atoms with E-state index in [-0.39, 0.29) is 5.91 Å². The molecule has 0 fully saturated rings. The number of hydrogen-bond donors (Lipinski definition) is 1. The van der Waals surface area contributed by atoms with Crippen LogP contribution in [0.5, 0.6) is 0 Å². The van der Waals surface area contributed by atoms with Gasteiger partial charge in [-0.2, -0.15) is 0 Å². The zero-order valence-corrected chi connectivity index (χ0v) is 4.18. The highest BCUT2D eigenvalue weighted by Gasteiger charge is 1.69. The molecule has 0 radical (unpaired) electrons. The summed E-state index contributed by atoms with van der Waals surface area (Å²) in [6.45, 7) is 0. The van der Waals surface area contributed by atoms with Gasteiger partial charge in [0.15, 0.2) is 0 Å². The molecule has 0 aromatic heterocycles. The first kappa shape index (κ1) is 4.69. The maximum Gasteiger partial charge on any atom is 0.244 e. The fraction of sp³-hybridized carbons (Fsp3) is 0. The third-order valence-corrected chi connectivity index (χ3v) is 0.604. The van der Waals surface area contributed by atoms with Gasteiger partial charge >= 0.3 is 0 Å². The fourth-order valence-electron chi connectivity index (χ4n) is 0. The number of rotatable bonds is 1. The topological polar surface area (TPSA) is 43.1 Å². The molecule has 1 amide bonds. The molecular formula is C2H7NOS. The van der Waals surface area contributed by atoms with Crippen molar-refractivity contribution in [1.82, 2.24) is 0 Å². The molecule has 0 aromatic carbocycles. The average Bonchev–Trinajstić information content (AvgIpc) is 1.38. The lowest BCUT2D eigenvalue weighted by molar-refractivity contribution is -0.111. The highest BCUT2D eigenvalue weighted by atomic mass is 32.1. The third kappa shape index (κ3) is 3.69. The summed E-state index contributed by atoms with van der Waals surface area (Å²) in [5.74, 6) is -0.358. The van der Waals surface area contributed by atoms with E-state index in [0.717, 1.165) is 0 Å². The van der Waals surface area contributed by atoms with E-state index in [1.54, 1.807) is 0 Å². The molecule has 0 atom stereocenters. The van der Waals surface area contributed by atoms with Gasteiger partial charge in [0.2, 0.25) is 5.91 Å². The molecule has 0 unspecified atom stereocenters. The van der Waals surface area contributed by atoms with Crippen molar-refractivity contribution in [3.63, 3.8) is 0 Å². The maximum atomic E-state index is 9.54. The molecule has 3 heteroatoms. The van der Waals surface area contributed by atoms with E-state index < -0.39 is 0 Å². The summed E-state index contributed by atoms with van der Waals surface area (Å²) in [6.07, 6.45) is 0. The molecule has 0 heterocycles. The largest absolute Gasteiger partial charge is 0.366 e. The molecule has 2 N–H and O–H groups in total. The van der Waals surface area contributed by atoms with Gasteiger partial charge in [0, 0.05) is 5.37 Å². The lowest BCUT2D eigenvalue weighted by Gasteiger charge is -1.66. The van der Waals surface area contributed by atoms with Gasteiger partial charge < -0.3 is 5.73 Å². The van der Waals surface area contributed by atoms with Crippen LogP contribution in [0.3, 0.4) is 0 Å². The molecule has 0 aliphatic carbocycles. The van der Waals surface area contributed by atoms with Crippen molar-refractivity contribution in [1.29, 1.82) is 0 Å². The van der Waals surface area contributed by atoms with E-state index in [1.165, 1.54) is 17.6 Å². The number of primary amides is 1. The van der Waals surface area contributed by atoms with Crippen LogP contribution in [-0.4, -0.2) is 11.3 Å². The predicted octanol–water partition coefficient (Wildman–Crippen LogP) is -1.60. The lowest BCUT2D eigenvalue weighted by atomic mass is 10.8. The second kappa shape index (κ2) is 1.96. The molecule has 0 aliphatic rings. The van der Waals surface area contributed by atoms with E-state index in [1.807, 2.05) is 0 Å². The number of nitrogens with two attached hydrogens (primary N) is 1. The second-order valence-electron chi connectivity index (χ2n) is 0.606. The molecule has 32 valence electrons. The second-order valence-corrected chi connectivity index (χ2v) is 1.01. The highest BCUT2D eigenvalue weighted by Crippen LogP contribution is 1.42. The molecule has 0 saturated carbocycles. The summed E-state index contributed by atoms with van der Waals surface area (Å²) in [5.41, 5.74) is 4.60. The van der Waals surface area contributed by atoms with E-state index in [9.17, 15) is 4.79 Å². The smallest absolute Gasteiger partial charge is 0.244 e. The highest BCUT2D eigenvalue weighted by molar-refractivity contribution is 7.80. The van der Waals surface area contributed by atoms with Crippen LogP contribution in [0.4, 0.5) is 0 Å². The summed E-state index contributed by atoms with van der Waals surface area (Å²) in [5, 5.41) is 1.33. The van der Waals surface area contributed by atoms with Crippen molar-refractivity contribution in [2.45, 2.75) is 0 Å². The van der Waals surface area contributed by atoms with Crippen molar-refractivity contribution in [3.05, 3.63) is 0 Å². The molecule has 0 spiro atoms. The Labute approximate surface area is 35.0 Å². The molecule has 0 saturated heterocycles. The van der Waals surface area contributed by atoms with E-state index in [4.69, 9.17) is 0 Å². The van der Waals surface area contributed by atoms with Crippen molar-refractivity contribution >= 4 is 23.5 Å². The Morgan fingerprint density at radius 1 is 2.00 bits per heavy atom. The van der Waals surface area contributed by atoms with Crippen LogP contribution in [0.15, 0.2) is 0 Å². The van der Waals surface area contributed by atoms with Crippen LogP contribution in [0, 0.1) is 0 Å². The molecule has 0 rings (SSSR count). The van der Waals surface area contributed by atoms with E-state index in [2.05, 4.69) is 5.73 Å². The molecule has 2 nitrogen and oxygen atoms in total. The van der Waals surface area contributed by atoms with Crippen LogP contribution in [0.2, 0.25) is 0 Å². The summed E-state index contributed by atoms with van der Waals surface area (Å²) in [4.78, 5) is 9.54. The third-order valence-electron chi connectivity index (χ3n) is 0.201. The van der Waals surface area contributed by atoms with Crippen LogP contribution in [0.1, 0.15) is 0 Å². The zero-order chi connectivity index (χ0) is 4.28. The lowest BCUT2D eigenvalue weighted by Crippen LogP contribution is -2.09. The van der Waals surface area contributed by atoms with Gasteiger partial charge in [0.05, 0.1) is 0 Å². The average molecular weight is 93.2 g/mol. The monoisotopic (exact) mass is 93.0 g/mol. The maximum absolute atomic E-state index is 9.54. The first-order valence-corrected chi connectivity index (χ1v) is 2.01. The van der Waals surface area contributed by atoms with Gasteiger partial charge in [-0.15, -0.1) is 0 Å². The molecular weight excluding hydrogens is 86.1 g/mol. The standard InChI is InChI=1S/C2H7NOS/c3-2(4)1-5/h1H,5H4,(H2,3,4). The Balaban J connectivity index is 3.20. The number of amides is 1. The molecule has 0 aliphatic heterocycles. The number of hydrogen-bond acceptors (Lipinski definition) is 1. The van der Waals surface area contributed by atoms with E-state index >= 15 is 0 Å². The minimum Gasteiger partial charge on any atom is -0.366 e. The normalized spacial score (nSPS) is 6.80. The van der Waals surface area contributed by atoms with Crippen LogP contribution >= 0.6 is 12.2 Å². The number of carbonyl (C=O) groups excluding carboxylic acids is 1. The van der Waals surface area contributed by atoms with Gasteiger partial charge in [0.1, 0.15) is 0 Å². The SMILES string of the molecule is NC(=O)C=[SH4]. The first-order chi connectivity index (χ1) is 2.27. The molecule has 0 bridgehead atoms. The summed E-state index contributed by atoms with van der Waals surface area (Å²) in [7, 11) is 0. The van der Waals surface area contributed by atoms with Crippen LogP contribution in [0.25, 0.3) is 0 Å². The Hall–Kier alpha value is -0.310. The van der Waals surface area contributed by atoms with Gasteiger partial charge in [-0.25, -0.2) is 0 Å². The minimum absolute atomic E-state index is 0.358. The van der Waals surface area contributed by atoms with Crippen molar-refractivity contribution < 1.29 is 4.79 Å². The zero-order valence-electron chi connectivity index (χ0n) is 2.77.